The third kappa shape index (κ3) is 2.74. The van der Waals surface area contributed by atoms with Crippen molar-refractivity contribution in [2.24, 2.45) is 12.1 Å². The fourth-order valence-electron chi connectivity index (χ4n) is 1.88. The Morgan fingerprint density at radius 3 is 2.39 bits per heavy atom. The zero-order valence-corrected chi connectivity index (χ0v) is 11.0. The number of benzene rings is 1. The Hall–Kier alpha value is -2.16. The molecule has 0 atom stereocenters. The molecule has 0 saturated heterocycles. The van der Waals surface area contributed by atoms with E-state index in [1.54, 1.807) is 0 Å². The van der Waals surface area contributed by atoms with Gasteiger partial charge in [0, 0.05) is 19.2 Å². The molecule has 0 fully saturated rings. The van der Waals surface area contributed by atoms with Gasteiger partial charge in [-0.05, 0) is 25.1 Å². The van der Waals surface area contributed by atoms with Crippen molar-refractivity contribution < 1.29 is 4.57 Å². The Bertz CT molecular complexity index is 547. The molecule has 0 N–H and O–H groups in total. The van der Waals surface area contributed by atoms with Crippen molar-refractivity contribution in [2.45, 2.75) is 6.92 Å². The summed E-state index contributed by atoms with van der Waals surface area (Å²) in [6.07, 6.45) is 2.02. The molecule has 2 aromatic rings. The molecule has 1 aromatic carbocycles. The minimum atomic E-state index is 0.990. The van der Waals surface area contributed by atoms with Gasteiger partial charge in [-0.1, -0.05) is 18.2 Å². The fourth-order valence-corrected chi connectivity index (χ4v) is 1.88. The van der Waals surface area contributed by atoms with Crippen molar-refractivity contribution in [1.29, 1.82) is 0 Å². The van der Waals surface area contributed by atoms with Gasteiger partial charge >= 0.3 is 0 Å². The predicted octanol–water partition coefficient (Wildman–Crippen LogP) is 2.37. The van der Waals surface area contributed by atoms with E-state index in [0.29, 0.717) is 0 Å². The monoisotopic (exact) mass is 240 g/mol. The average molecular weight is 240 g/mol. The molecule has 92 valence electrons. The number of aromatic nitrogens is 1. The highest BCUT2D eigenvalue weighted by Crippen LogP contribution is 2.11. The lowest BCUT2D eigenvalue weighted by atomic mass is 10.2. The lowest BCUT2D eigenvalue weighted by Gasteiger charge is -2.13. The normalized spacial score (nSPS) is 11.4. The second-order valence-corrected chi connectivity index (χ2v) is 4.24. The van der Waals surface area contributed by atoms with Crippen LogP contribution in [0.4, 0.5) is 5.69 Å². The quantitative estimate of drug-likeness (QED) is 0.458. The number of hydrazone groups is 1. The average Bonchev–Trinajstić information content (AvgIpc) is 2.40. The molecule has 18 heavy (non-hydrogen) atoms. The van der Waals surface area contributed by atoms with Gasteiger partial charge in [-0.3, -0.25) is 5.01 Å². The zero-order valence-electron chi connectivity index (χ0n) is 11.0. The summed E-state index contributed by atoms with van der Waals surface area (Å²) in [5.41, 5.74) is 3.18. The van der Waals surface area contributed by atoms with Crippen molar-refractivity contribution in [3.63, 3.8) is 0 Å². The molecular weight excluding hydrogens is 222 g/mol. The maximum Gasteiger partial charge on any atom is 0.228 e. The van der Waals surface area contributed by atoms with Crippen LogP contribution in [-0.4, -0.2) is 12.8 Å². The Morgan fingerprint density at radius 2 is 1.72 bits per heavy atom. The van der Waals surface area contributed by atoms with Crippen LogP contribution < -0.4 is 9.58 Å². The highest BCUT2D eigenvalue weighted by molar-refractivity contribution is 5.96. The van der Waals surface area contributed by atoms with E-state index in [9.17, 15) is 0 Å². The first-order chi connectivity index (χ1) is 8.68. The predicted molar refractivity (Wildman–Crippen MR) is 74.7 cm³/mol. The third-order valence-corrected chi connectivity index (χ3v) is 2.86. The molecule has 3 heteroatoms. The van der Waals surface area contributed by atoms with Gasteiger partial charge in [0.15, 0.2) is 6.20 Å². The van der Waals surface area contributed by atoms with Crippen molar-refractivity contribution in [3.8, 4) is 0 Å². The van der Waals surface area contributed by atoms with Crippen LogP contribution in [0, 0.1) is 0 Å². The summed E-state index contributed by atoms with van der Waals surface area (Å²) in [5, 5.41) is 6.50. The second-order valence-electron chi connectivity index (χ2n) is 4.24. The molecule has 0 aliphatic carbocycles. The molecule has 0 spiro atoms. The maximum absolute atomic E-state index is 4.61. The van der Waals surface area contributed by atoms with E-state index in [2.05, 4.69) is 15.7 Å². The van der Waals surface area contributed by atoms with Crippen LogP contribution in [0.2, 0.25) is 0 Å². The minimum Gasteiger partial charge on any atom is -0.268 e. The fraction of sp³-hybridized carbons (Fsp3) is 0.200. The Labute approximate surface area is 108 Å². The van der Waals surface area contributed by atoms with Crippen LogP contribution in [0.3, 0.4) is 0 Å². The number of rotatable bonds is 3. The maximum atomic E-state index is 4.61. The molecule has 1 heterocycles. The molecule has 0 radical (unpaired) electrons. The summed E-state index contributed by atoms with van der Waals surface area (Å²) in [7, 11) is 3.98. The first-order valence-electron chi connectivity index (χ1n) is 5.97. The highest BCUT2D eigenvalue weighted by atomic mass is 15.4. The number of nitrogens with zero attached hydrogens (tertiary/aromatic N) is 3. The number of pyridine rings is 1. The van der Waals surface area contributed by atoms with Gasteiger partial charge in [0.2, 0.25) is 5.69 Å². The largest absolute Gasteiger partial charge is 0.268 e. The molecule has 0 aliphatic heterocycles. The molecule has 3 nitrogen and oxygen atoms in total. The van der Waals surface area contributed by atoms with E-state index in [1.807, 2.05) is 74.7 Å². The summed E-state index contributed by atoms with van der Waals surface area (Å²) >= 11 is 0. The Kier molecular flexibility index (Phi) is 3.72. The Balaban J connectivity index is 2.26. The zero-order chi connectivity index (χ0) is 13.0. The molecule has 1 aromatic heterocycles. The molecule has 0 amide bonds. The minimum absolute atomic E-state index is 0.990. The second kappa shape index (κ2) is 5.45. The molecule has 0 aliphatic rings. The van der Waals surface area contributed by atoms with E-state index in [-0.39, 0.29) is 0 Å². The van der Waals surface area contributed by atoms with Gasteiger partial charge in [0.25, 0.3) is 0 Å². The summed E-state index contributed by atoms with van der Waals surface area (Å²) in [5.74, 6) is 0. The third-order valence-electron chi connectivity index (χ3n) is 2.86. The molecule has 0 saturated carbocycles. The van der Waals surface area contributed by atoms with Gasteiger partial charge in [-0.2, -0.15) is 9.67 Å². The highest BCUT2D eigenvalue weighted by Gasteiger charge is 2.09. The number of hydrogen-bond acceptors (Lipinski definition) is 2. The van der Waals surface area contributed by atoms with E-state index >= 15 is 0 Å². The van der Waals surface area contributed by atoms with Crippen molar-refractivity contribution in [2.75, 3.05) is 12.1 Å². The lowest BCUT2D eigenvalue weighted by molar-refractivity contribution is -0.672. The molecular formula is C15H18N3+. The van der Waals surface area contributed by atoms with Gasteiger partial charge in [-0.25, -0.2) is 0 Å². The first-order valence-corrected chi connectivity index (χ1v) is 5.97. The first kappa shape index (κ1) is 12.3. The topological polar surface area (TPSA) is 19.5 Å². The summed E-state index contributed by atoms with van der Waals surface area (Å²) in [6, 6.07) is 16.2. The number of hydrogen-bond donors (Lipinski definition) is 0. The molecule has 2 rings (SSSR count). The number of para-hydroxylation sites is 1. The van der Waals surface area contributed by atoms with E-state index < -0.39 is 0 Å². The van der Waals surface area contributed by atoms with Gasteiger partial charge < -0.3 is 0 Å². The van der Waals surface area contributed by atoms with E-state index in [4.69, 9.17) is 0 Å². The number of aryl methyl sites for hydroxylation is 1. The standard InChI is InChI=1S/C15H18N3/c1-13(15-11-7-8-12-17(15)2)16-18(3)14-9-5-4-6-10-14/h4-12H,1-3H3/q+1. The van der Waals surface area contributed by atoms with E-state index in [0.717, 1.165) is 17.1 Å². The van der Waals surface area contributed by atoms with Crippen molar-refractivity contribution in [3.05, 3.63) is 60.4 Å². The van der Waals surface area contributed by atoms with E-state index in [1.165, 1.54) is 0 Å². The SMILES string of the molecule is CC(=NN(C)c1ccccc1)c1cccc[n+]1C. The number of anilines is 1. The van der Waals surface area contributed by atoms with Crippen LogP contribution >= 0.6 is 0 Å². The molecule has 0 unspecified atom stereocenters. The van der Waals surface area contributed by atoms with Crippen LogP contribution in [0.1, 0.15) is 12.6 Å². The summed E-state index contributed by atoms with van der Waals surface area (Å²) in [4.78, 5) is 0. The summed E-state index contributed by atoms with van der Waals surface area (Å²) < 4.78 is 2.07. The van der Waals surface area contributed by atoms with Crippen molar-refractivity contribution >= 4 is 11.4 Å². The van der Waals surface area contributed by atoms with Gasteiger partial charge in [0.05, 0.1) is 5.69 Å². The molecule has 0 bridgehead atoms. The van der Waals surface area contributed by atoms with Crippen LogP contribution in [0.15, 0.2) is 59.8 Å². The van der Waals surface area contributed by atoms with Crippen LogP contribution in [0.5, 0.6) is 0 Å². The van der Waals surface area contributed by atoms with Crippen LogP contribution in [-0.2, 0) is 7.05 Å². The Morgan fingerprint density at radius 1 is 1.06 bits per heavy atom. The smallest absolute Gasteiger partial charge is 0.228 e. The lowest BCUT2D eigenvalue weighted by Crippen LogP contribution is -2.35. The van der Waals surface area contributed by atoms with Crippen LogP contribution in [0.25, 0.3) is 0 Å². The van der Waals surface area contributed by atoms with Gasteiger partial charge in [-0.15, -0.1) is 0 Å². The summed E-state index contributed by atoms with van der Waals surface area (Å²) in [6.45, 7) is 2.02. The van der Waals surface area contributed by atoms with Gasteiger partial charge in [0.1, 0.15) is 12.8 Å². The van der Waals surface area contributed by atoms with Crippen molar-refractivity contribution in [1.82, 2.24) is 0 Å².